The molecule has 1 saturated carbocycles. The van der Waals surface area contributed by atoms with Gasteiger partial charge in [-0.05, 0) is 18.8 Å². The minimum Gasteiger partial charge on any atom is -0.339 e. The molecule has 0 bridgehead atoms. The zero-order valence-corrected chi connectivity index (χ0v) is 11.4. The van der Waals surface area contributed by atoms with E-state index in [9.17, 15) is 0 Å². The third-order valence-electron chi connectivity index (χ3n) is 3.97. The van der Waals surface area contributed by atoms with Crippen LogP contribution in [0.2, 0.25) is 0 Å². The van der Waals surface area contributed by atoms with Gasteiger partial charge in [-0.2, -0.15) is 4.98 Å². The van der Waals surface area contributed by atoms with Crippen molar-refractivity contribution in [1.82, 2.24) is 10.1 Å². The second-order valence-corrected chi connectivity index (χ2v) is 5.52. The molecule has 102 valence electrons. The maximum Gasteiger partial charge on any atom is 0.226 e. The van der Waals surface area contributed by atoms with E-state index >= 15 is 0 Å². The average molecular weight is 251 g/mol. The SMILES string of the molecule is CCC(N)Cc1noc(CCC2CCCCC2)n1. The molecule has 1 fully saturated rings. The molecule has 1 aromatic heterocycles. The monoisotopic (exact) mass is 251 g/mol. The molecule has 1 atom stereocenters. The fourth-order valence-corrected chi connectivity index (χ4v) is 2.66. The summed E-state index contributed by atoms with van der Waals surface area (Å²) in [5, 5.41) is 4.00. The lowest BCUT2D eigenvalue weighted by molar-refractivity contribution is 0.313. The number of hydrogen-bond donors (Lipinski definition) is 1. The first-order valence-corrected chi connectivity index (χ1v) is 7.35. The summed E-state index contributed by atoms with van der Waals surface area (Å²) in [6, 6.07) is 0.147. The van der Waals surface area contributed by atoms with Crippen LogP contribution < -0.4 is 5.73 Å². The summed E-state index contributed by atoms with van der Waals surface area (Å²) in [6.07, 6.45) is 10.8. The smallest absolute Gasteiger partial charge is 0.226 e. The molecule has 4 heteroatoms. The minimum atomic E-state index is 0.147. The van der Waals surface area contributed by atoms with Gasteiger partial charge in [0.25, 0.3) is 0 Å². The van der Waals surface area contributed by atoms with E-state index in [-0.39, 0.29) is 6.04 Å². The maximum atomic E-state index is 5.88. The van der Waals surface area contributed by atoms with Crippen molar-refractivity contribution in [2.75, 3.05) is 0 Å². The predicted molar refractivity (Wildman–Crippen MR) is 71.2 cm³/mol. The van der Waals surface area contributed by atoms with Gasteiger partial charge in [0, 0.05) is 18.9 Å². The molecule has 0 aromatic carbocycles. The Labute approximate surface area is 109 Å². The largest absolute Gasteiger partial charge is 0.339 e. The zero-order chi connectivity index (χ0) is 12.8. The van der Waals surface area contributed by atoms with Gasteiger partial charge in [0.15, 0.2) is 5.82 Å². The van der Waals surface area contributed by atoms with Gasteiger partial charge in [-0.3, -0.25) is 0 Å². The fraction of sp³-hybridized carbons (Fsp3) is 0.857. The molecule has 0 aliphatic heterocycles. The number of aryl methyl sites for hydroxylation is 1. The Balaban J connectivity index is 1.75. The lowest BCUT2D eigenvalue weighted by Gasteiger charge is -2.20. The van der Waals surface area contributed by atoms with Crippen LogP contribution in [0.15, 0.2) is 4.52 Å². The molecule has 4 nitrogen and oxygen atoms in total. The van der Waals surface area contributed by atoms with Crippen LogP contribution in [0.3, 0.4) is 0 Å². The van der Waals surface area contributed by atoms with Crippen molar-refractivity contribution in [2.45, 2.75) is 70.8 Å². The Hall–Kier alpha value is -0.900. The Bertz CT molecular complexity index is 345. The van der Waals surface area contributed by atoms with Gasteiger partial charge in [-0.25, -0.2) is 0 Å². The van der Waals surface area contributed by atoms with E-state index in [1.54, 1.807) is 0 Å². The molecular weight excluding hydrogens is 226 g/mol. The van der Waals surface area contributed by atoms with E-state index in [0.29, 0.717) is 0 Å². The highest BCUT2D eigenvalue weighted by Crippen LogP contribution is 2.27. The van der Waals surface area contributed by atoms with Crippen molar-refractivity contribution < 1.29 is 4.52 Å². The Morgan fingerprint density at radius 1 is 1.33 bits per heavy atom. The van der Waals surface area contributed by atoms with Gasteiger partial charge in [0.1, 0.15) is 0 Å². The molecule has 0 spiro atoms. The quantitative estimate of drug-likeness (QED) is 0.844. The first-order chi connectivity index (χ1) is 8.78. The number of rotatable bonds is 6. The summed E-state index contributed by atoms with van der Waals surface area (Å²) in [4.78, 5) is 4.42. The first-order valence-electron chi connectivity index (χ1n) is 7.35. The van der Waals surface area contributed by atoms with Crippen LogP contribution in [0, 0.1) is 5.92 Å². The molecule has 1 heterocycles. The van der Waals surface area contributed by atoms with E-state index in [4.69, 9.17) is 10.3 Å². The van der Waals surface area contributed by atoms with Crippen molar-refractivity contribution in [1.29, 1.82) is 0 Å². The Morgan fingerprint density at radius 3 is 2.83 bits per heavy atom. The lowest BCUT2D eigenvalue weighted by atomic mass is 9.86. The summed E-state index contributed by atoms with van der Waals surface area (Å²) < 4.78 is 5.28. The van der Waals surface area contributed by atoms with Crippen molar-refractivity contribution in [3.63, 3.8) is 0 Å². The normalized spacial score (nSPS) is 19.0. The summed E-state index contributed by atoms with van der Waals surface area (Å²) in [7, 11) is 0. The molecular formula is C14H25N3O. The number of hydrogen-bond acceptors (Lipinski definition) is 4. The van der Waals surface area contributed by atoms with Gasteiger partial charge in [0.05, 0.1) is 0 Å². The van der Waals surface area contributed by atoms with Gasteiger partial charge in [0.2, 0.25) is 5.89 Å². The Kier molecular flexibility index (Phi) is 5.17. The third kappa shape index (κ3) is 4.09. The van der Waals surface area contributed by atoms with Gasteiger partial charge < -0.3 is 10.3 Å². The summed E-state index contributed by atoms with van der Waals surface area (Å²) in [6.45, 7) is 2.08. The molecule has 1 aliphatic carbocycles. The van der Waals surface area contributed by atoms with Crippen LogP contribution in [0.5, 0.6) is 0 Å². The lowest BCUT2D eigenvalue weighted by Crippen LogP contribution is -2.22. The van der Waals surface area contributed by atoms with Crippen LogP contribution >= 0.6 is 0 Å². The highest BCUT2D eigenvalue weighted by molar-refractivity contribution is 4.90. The Morgan fingerprint density at radius 2 is 2.11 bits per heavy atom. The first kappa shape index (κ1) is 13.5. The zero-order valence-electron chi connectivity index (χ0n) is 11.4. The van der Waals surface area contributed by atoms with Crippen molar-refractivity contribution in [3.05, 3.63) is 11.7 Å². The summed E-state index contributed by atoms with van der Waals surface area (Å²) >= 11 is 0. The average Bonchev–Trinajstić information content (AvgIpc) is 2.85. The predicted octanol–water partition coefficient (Wildman–Crippen LogP) is 2.86. The van der Waals surface area contributed by atoms with Crippen molar-refractivity contribution in [3.8, 4) is 0 Å². The molecule has 0 saturated heterocycles. The van der Waals surface area contributed by atoms with Crippen molar-refractivity contribution in [2.24, 2.45) is 11.7 Å². The third-order valence-corrected chi connectivity index (χ3v) is 3.97. The molecule has 18 heavy (non-hydrogen) atoms. The standard InChI is InChI=1S/C14H25N3O/c1-2-12(15)10-13-16-14(18-17-13)9-8-11-6-4-3-5-7-11/h11-12H,2-10,15H2,1H3. The second kappa shape index (κ2) is 6.88. The van der Waals surface area contributed by atoms with Crippen molar-refractivity contribution >= 4 is 0 Å². The van der Waals surface area contributed by atoms with Crippen LogP contribution in [0.25, 0.3) is 0 Å². The van der Waals surface area contributed by atoms with E-state index in [1.165, 1.54) is 38.5 Å². The number of aromatic nitrogens is 2. The molecule has 1 unspecified atom stereocenters. The highest BCUT2D eigenvalue weighted by atomic mass is 16.5. The van der Waals surface area contributed by atoms with E-state index < -0.39 is 0 Å². The van der Waals surface area contributed by atoms with Crippen LogP contribution in [0.1, 0.15) is 63.6 Å². The molecule has 1 aromatic rings. The maximum absolute atomic E-state index is 5.88. The van der Waals surface area contributed by atoms with E-state index in [1.807, 2.05) is 0 Å². The van der Waals surface area contributed by atoms with Crippen LogP contribution in [-0.2, 0) is 12.8 Å². The van der Waals surface area contributed by atoms with E-state index in [0.717, 1.165) is 36.9 Å². The fourth-order valence-electron chi connectivity index (χ4n) is 2.66. The van der Waals surface area contributed by atoms with Crippen LogP contribution in [-0.4, -0.2) is 16.2 Å². The molecule has 0 radical (unpaired) electrons. The number of nitrogens with zero attached hydrogens (tertiary/aromatic N) is 2. The van der Waals surface area contributed by atoms with Gasteiger partial charge in [-0.15, -0.1) is 0 Å². The van der Waals surface area contributed by atoms with Crippen LogP contribution in [0.4, 0.5) is 0 Å². The highest BCUT2D eigenvalue weighted by Gasteiger charge is 2.15. The number of nitrogens with two attached hydrogens (primary N) is 1. The minimum absolute atomic E-state index is 0.147. The summed E-state index contributed by atoms with van der Waals surface area (Å²) in [5.41, 5.74) is 5.88. The molecule has 0 amide bonds. The van der Waals surface area contributed by atoms with Gasteiger partial charge >= 0.3 is 0 Å². The molecule has 1 aliphatic rings. The molecule has 2 N–H and O–H groups in total. The summed E-state index contributed by atoms with van der Waals surface area (Å²) in [5.74, 6) is 2.42. The second-order valence-electron chi connectivity index (χ2n) is 5.52. The van der Waals surface area contributed by atoms with E-state index in [2.05, 4.69) is 17.1 Å². The molecule has 2 rings (SSSR count). The van der Waals surface area contributed by atoms with Gasteiger partial charge in [-0.1, -0.05) is 44.2 Å². The topological polar surface area (TPSA) is 64.9 Å².